The molecule has 0 aromatic heterocycles. The molecule has 1 aromatic rings. The second kappa shape index (κ2) is 7.56. The molecule has 25 heavy (non-hydrogen) atoms. The number of hydrogen-bond acceptors (Lipinski definition) is 3. The zero-order valence-corrected chi connectivity index (χ0v) is 15.8. The molecule has 1 aliphatic carbocycles. The predicted molar refractivity (Wildman–Crippen MR) is 98.0 cm³/mol. The van der Waals surface area contributed by atoms with Crippen LogP contribution in [0.5, 0.6) is 0 Å². The van der Waals surface area contributed by atoms with Crippen molar-refractivity contribution in [1.82, 2.24) is 10.6 Å². The third-order valence-electron chi connectivity index (χ3n) is 4.65. The van der Waals surface area contributed by atoms with Crippen molar-refractivity contribution < 1.29 is 14.7 Å². The van der Waals surface area contributed by atoms with Crippen molar-refractivity contribution in [2.24, 2.45) is 5.92 Å². The molecule has 3 unspecified atom stereocenters. The van der Waals surface area contributed by atoms with E-state index in [1.165, 1.54) is 12.5 Å². The normalized spacial score (nSPS) is 18.2. The number of aliphatic hydroxyl groups is 1. The van der Waals surface area contributed by atoms with Gasteiger partial charge in [-0.05, 0) is 43.2 Å². The van der Waals surface area contributed by atoms with Crippen LogP contribution < -0.4 is 10.6 Å². The van der Waals surface area contributed by atoms with E-state index in [1.54, 1.807) is 0 Å². The number of carbonyl (C=O) groups is 2. The van der Waals surface area contributed by atoms with Gasteiger partial charge in [-0.2, -0.15) is 0 Å². The summed E-state index contributed by atoms with van der Waals surface area (Å²) in [6.45, 7) is 9.88. The highest BCUT2D eigenvalue weighted by Crippen LogP contribution is 2.29. The van der Waals surface area contributed by atoms with Crippen LogP contribution >= 0.6 is 0 Å². The van der Waals surface area contributed by atoms with E-state index in [2.05, 4.69) is 43.5 Å². The molecule has 3 atom stereocenters. The second-order valence-corrected chi connectivity index (χ2v) is 8.10. The molecule has 1 fully saturated rings. The van der Waals surface area contributed by atoms with Gasteiger partial charge in [0.15, 0.2) is 0 Å². The fourth-order valence-corrected chi connectivity index (χ4v) is 2.68. The van der Waals surface area contributed by atoms with Gasteiger partial charge in [0, 0.05) is 5.92 Å². The van der Waals surface area contributed by atoms with Crippen molar-refractivity contribution in [3.8, 4) is 0 Å². The minimum atomic E-state index is -0.946. The maximum atomic E-state index is 12.5. The van der Waals surface area contributed by atoms with E-state index in [0.29, 0.717) is 0 Å². The van der Waals surface area contributed by atoms with E-state index in [-0.39, 0.29) is 29.2 Å². The molecule has 0 bridgehead atoms. The molecule has 1 aliphatic rings. The van der Waals surface area contributed by atoms with E-state index in [9.17, 15) is 14.7 Å². The van der Waals surface area contributed by atoms with E-state index < -0.39 is 12.1 Å². The van der Waals surface area contributed by atoms with Gasteiger partial charge >= 0.3 is 0 Å². The fourth-order valence-electron chi connectivity index (χ4n) is 2.68. The number of nitrogens with one attached hydrogen (secondary N) is 2. The van der Waals surface area contributed by atoms with Crippen molar-refractivity contribution in [2.45, 2.75) is 71.1 Å². The van der Waals surface area contributed by atoms with Gasteiger partial charge in [0.25, 0.3) is 0 Å². The zero-order chi connectivity index (χ0) is 18.8. The topological polar surface area (TPSA) is 78.4 Å². The summed E-state index contributed by atoms with van der Waals surface area (Å²) < 4.78 is 0. The lowest BCUT2D eigenvalue weighted by molar-refractivity contribution is -0.132. The van der Waals surface area contributed by atoms with Crippen LogP contribution in [0.15, 0.2) is 24.3 Å². The number of aliphatic hydroxyl groups excluding tert-OH is 1. The van der Waals surface area contributed by atoms with Gasteiger partial charge in [0.2, 0.25) is 11.8 Å². The molecule has 1 aromatic carbocycles. The summed E-state index contributed by atoms with van der Waals surface area (Å²) >= 11 is 0. The monoisotopic (exact) mass is 346 g/mol. The lowest BCUT2D eigenvalue weighted by Gasteiger charge is -2.24. The van der Waals surface area contributed by atoms with Gasteiger partial charge in [0.1, 0.15) is 6.04 Å². The highest BCUT2D eigenvalue weighted by molar-refractivity contribution is 5.89. The Bertz CT molecular complexity index is 613. The molecular weight excluding hydrogens is 316 g/mol. The van der Waals surface area contributed by atoms with Gasteiger partial charge in [-0.1, -0.05) is 45.0 Å². The fraction of sp³-hybridized carbons (Fsp3) is 0.600. The number of benzene rings is 1. The SMILES string of the molecule is CC(NC(=O)C(NC(=O)C1CC1)C(C)O)c1ccc(C(C)(C)C)cc1. The predicted octanol–water partition coefficient (Wildman–Crippen LogP) is 2.44. The van der Waals surface area contributed by atoms with Crippen LogP contribution in [-0.4, -0.2) is 29.1 Å². The molecule has 0 radical (unpaired) electrons. The molecule has 0 aliphatic heterocycles. The molecule has 0 spiro atoms. The summed E-state index contributed by atoms with van der Waals surface area (Å²) in [5, 5.41) is 15.4. The zero-order valence-electron chi connectivity index (χ0n) is 15.8. The smallest absolute Gasteiger partial charge is 0.245 e. The van der Waals surface area contributed by atoms with Crippen LogP contribution in [-0.2, 0) is 15.0 Å². The molecule has 5 heteroatoms. The van der Waals surface area contributed by atoms with E-state index in [1.807, 2.05) is 19.1 Å². The first-order chi connectivity index (χ1) is 11.6. The van der Waals surface area contributed by atoms with Crippen molar-refractivity contribution in [3.05, 3.63) is 35.4 Å². The third kappa shape index (κ3) is 5.30. The molecular formula is C20H30N2O3. The lowest BCUT2D eigenvalue weighted by Crippen LogP contribution is -2.53. The second-order valence-electron chi connectivity index (χ2n) is 8.10. The van der Waals surface area contributed by atoms with Crippen LogP contribution in [0.1, 0.15) is 64.6 Å². The summed E-state index contributed by atoms with van der Waals surface area (Å²) in [7, 11) is 0. The van der Waals surface area contributed by atoms with Crippen molar-refractivity contribution in [3.63, 3.8) is 0 Å². The van der Waals surface area contributed by atoms with Crippen LogP contribution in [0.4, 0.5) is 0 Å². The standard InChI is InChI=1S/C20H30N2O3/c1-12(14-8-10-16(11-9-14)20(3,4)5)21-19(25)17(13(2)23)22-18(24)15-6-7-15/h8-13,15,17,23H,6-7H2,1-5H3,(H,21,25)(H,22,24). The van der Waals surface area contributed by atoms with Crippen LogP contribution in [0.25, 0.3) is 0 Å². The Morgan fingerprint density at radius 2 is 1.64 bits per heavy atom. The van der Waals surface area contributed by atoms with Gasteiger partial charge in [-0.3, -0.25) is 9.59 Å². The summed E-state index contributed by atoms with van der Waals surface area (Å²) in [6, 6.07) is 7.01. The third-order valence-corrected chi connectivity index (χ3v) is 4.65. The summed E-state index contributed by atoms with van der Waals surface area (Å²) in [5.74, 6) is -0.518. The number of amides is 2. The van der Waals surface area contributed by atoms with Crippen LogP contribution in [0.3, 0.4) is 0 Å². The Labute approximate surface area is 150 Å². The van der Waals surface area contributed by atoms with E-state index in [0.717, 1.165) is 18.4 Å². The van der Waals surface area contributed by atoms with Crippen LogP contribution in [0, 0.1) is 5.92 Å². The van der Waals surface area contributed by atoms with Gasteiger partial charge in [-0.15, -0.1) is 0 Å². The first kappa shape index (κ1) is 19.4. The first-order valence-corrected chi connectivity index (χ1v) is 8.99. The Morgan fingerprint density at radius 1 is 1.08 bits per heavy atom. The summed E-state index contributed by atoms with van der Waals surface area (Å²) in [6.07, 6.45) is 0.769. The molecule has 0 saturated heterocycles. The van der Waals surface area contributed by atoms with Crippen molar-refractivity contribution in [1.29, 1.82) is 0 Å². The van der Waals surface area contributed by atoms with Gasteiger partial charge < -0.3 is 15.7 Å². The van der Waals surface area contributed by atoms with E-state index >= 15 is 0 Å². The van der Waals surface area contributed by atoms with Crippen LogP contribution in [0.2, 0.25) is 0 Å². The number of carbonyl (C=O) groups excluding carboxylic acids is 2. The van der Waals surface area contributed by atoms with Crippen molar-refractivity contribution >= 4 is 11.8 Å². The maximum absolute atomic E-state index is 12.5. The molecule has 1 saturated carbocycles. The molecule has 138 valence electrons. The molecule has 3 N–H and O–H groups in total. The number of rotatable bonds is 6. The minimum absolute atomic E-state index is 0.00332. The van der Waals surface area contributed by atoms with Gasteiger partial charge in [-0.25, -0.2) is 0 Å². The molecule has 2 amide bonds. The Hall–Kier alpha value is -1.88. The maximum Gasteiger partial charge on any atom is 0.245 e. The van der Waals surface area contributed by atoms with E-state index in [4.69, 9.17) is 0 Å². The quantitative estimate of drug-likeness (QED) is 0.740. The molecule has 2 rings (SSSR count). The summed E-state index contributed by atoms with van der Waals surface area (Å²) in [4.78, 5) is 24.4. The lowest BCUT2D eigenvalue weighted by atomic mass is 9.86. The van der Waals surface area contributed by atoms with Gasteiger partial charge in [0.05, 0.1) is 12.1 Å². The Kier molecular flexibility index (Phi) is 5.88. The minimum Gasteiger partial charge on any atom is -0.391 e. The Balaban J connectivity index is 2.00. The van der Waals surface area contributed by atoms with Crippen molar-refractivity contribution in [2.75, 3.05) is 0 Å². The highest BCUT2D eigenvalue weighted by atomic mass is 16.3. The average Bonchev–Trinajstić information content (AvgIpc) is 3.36. The number of hydrogen-bond donors (Lipinski definition) is 3. The molecule has 0 heterocycles. The highest BCUT2D eigenvalue weighted by Gasteiger charge is 2.34. The summed E-state index contributed by atoms with van der Waals surface area (Å²) in [5.41, 5.74) is 2.29. The molecule has 5 nitrogen and oxygen atoms in total. The first-order valence-electron chi connectivity index (χ1n) is 8.99. The average molecular weight is 346 g/mol. The largest absolute Gasteiger partial charge is 0.391 e. The Morgan fingerprint density at radius 3 is 2.08 bits per heavy atom.